The first-order chi connectivity index (χ1) is 26.2. The van der Waals surface area contributed by atoms with Crippen LogP contribution < -0.4 is 9.47 Å². The Morgan fingerprint density at radius 3 is 2.04 bits per heavy atom. The van der Waals surface area contributed by atoms with E-state index in [2.05, 4.69) is 12.2 Å². The average molecular weight is 768 g/mol. The number of methoxy groups -OCH3 is 1. The normalized spacial score (nSPS) is 23.8. The van der Waals surface area contributed by atoms with Crippen molar-refractivity contribution in [3.63, 3.8) is 0 Å². The first-order valence-corrected chi connectivity index (χ1v) is 19.1. The van der Waals surface area contributed by atoms with E-state index < -0.39 is 49.8 Å². The second-order valence-corrected chi connectivity index (χ2v) is 16.5. The smallest absolute Gasteiger partial charge is 0.270 e. The number of aliphatic hydroxyl groups is 1. The van der Waals surface area contributed by atoms with Gasteiger partial charge in [-0.25, -0.2) is 0 Å². The summed E-state index contributed by atoms with van der Waals surface area (Å²) < 4.78 is 11.1. The molecule has 2 aliphatic rings. The Morgan fingerprint density at radius 2 is 1.46 bits per heavy atom. The molecule has 0 heterocycles. The molecule has 0 aliphatic heterocycles. The Labute approximate surface area is 330 Å². The van der Waals surface area contributed by atoms with E-state index in [0.29, 0.717) is 30.6 Å². The molecule has 0 radical (unpaired) electrons. The first kappa shape index (κ1) is 43.5. The molecule has 4 atom stereocenters. The highest BCUT2D eigenvalue weighted by atomic mass is 16.6. The van der Waals surface area contributed by atoms with Gasteiger partial charge in [-0.3, -0.25) is 24.5 Å². The van der Waals surface area contributed by atoms with Crippen LogP contribution in [0.15, 0.2) is 88.6 Å². The van der Waals surface area contributed by atoms with Crippen molar-refractivity contribution in [1.82, 2.24) is 0 Å². The molecule has 56 heavy (non-hydrogen) atoms. The Balaban J connectivity index is 1.95. The molecular weight excluding hydrogens is 711 g/mol. The van der Waals surface area contributed by atoms with Crippen molar-refractivity contribution < 1.29 is 39.0 Å². The molecule has 2 aromatic rings. The fourth-order valence-corrected chi connectivity index (χ4v) is 8.38. The second-order valence-electron chi connectivity index (χ2n) is 16.5. The molecule has 0 aromatic heterocycles. The number of aliphatic hydroxyl groups excluding tert-OH is 1. The van der Waals surface area contributed by atoms with Crippen LogP contribution >= 0.6 is 0 Å². The monoisotopic (exact) mass is 767 g/mol. The van der Waals surface area contributed by atoms with E-state index in [4.69, 9.17) is 9.47 Å². The summed E-state index contributed by atoms with van der Waals surface area (Å²) in [4.78, 5) is 56.8. The van der Waals surface area contributed by atoms with Gasteiger partial charge in [0.1, 0.15) is 29.1 Å². The number of hydrogen-bond donors (Lipinski definition) is 2. The van der Waals surface area contributed by atoms with Crippen LogP contribution in [0.4, 0.5) is 5.69 Å². The molecule has 2 saturated carbocycles. The van der Waals surface area contributed by atoms with Gasteiger partial charge in [0.2, 0.25) is 0 Å². The molecule has 0 amide bonds. The van der Waals surface area contributed by atoms with Crippen molar-refractivity contribution in [3.8, 4) is 17.2 Å². The van der Waals surface area contributed by atoms with Crippen LogP contribution in [0.3, 0.4) is 0 Å². The number of carbonyl (C=O) groups excluding carboxylic acids is 3. The molecule has 4 rings (SSSR count). The summed E-state index contributed by atoms with van der Waals surface area (Å²) in [5.41, 5.74) is -0.364. The van der Waals surface area contributed by atoms with Crippen LogP contribution in [-0.4, -0.2) is 39.6 Å². The van der Waals surface area contributed by atoms with Crippen molar-refractivity contribution in [1.29, 1.82) is 0 Å². The lowest BCUT2D eigenvalue weighted by Gasteiger charge is -2.61. The van der Waals surface area contributed by atoms with Gasteiger partial charge in [-0.2, -0.15) is 0 Å². The topological polar surface area (TPSA) is 153 Å². The van der Waals surface area contributed by atoms with Crippen LogP contribution in [0.1, 0.15) is 112 Å². The van der Waals surface area contributed by atoms with Gasteiger partial charge >= 0.3 is 0 Å². The van der Waals surface area contributed by atoms with Gasteiger partial charge < -0.3 is 19.7 Å². The Bertz CT molecular complexity index is 2050. The number of non-ortho nitro benzene ring substituents is 1. The predicted octanol–water partition coefficient (Wildman–Crippen LogP) is 10.7. The van der Waals surface area contributed by atoms with Crippen molar-refractivity contribution in [2.75, 3.05) is 7.11 Å². The molecule has 0 unspecified atom stereocenters. The highest BCUT2D eigenvalue weighted by molar-refractivity contribution is 6.41. The summed E-state index contributed by atoms with van der Waals surface area (Å²) in [6.07, 6.45) is 10.1. The lowest BCUT2D eigenvalue weighted by atomic mass is 9.37. The van der Waals surface area contributed by atoms with Gasteiger partial charge in [-0.05, 0) is 130 Å². The Hall–Kier alpha value is -5.25. The van der Waals surface area contributed by atoms with Gasteiger partial charge in [0, 0.05) is 23.3 Å². The fraction of sp³-hybridized carbons (Fsp3) is 0.457. The number of ketones is 3. The summed E-state index contributed by atoms with van der Waals surface area (Å²) in [5, 5.41) is 34.6. The molecule has 0 saturated heterocycles. The number of phenols is 1. The van der Waals surface area contributed by atoms with Crippen LogP contribution in [-0.2, 0) is 21.0 Å². The number of aromatic hydroxyl groups is 1. The fourth-order valence-electron chi connectivity index (χ4n) is 8.38. The van der Waals surface area contributed by atoms with E-state index in [0.717, 1.165) is 22.3 Å². The number of nitro benzene ring substituents is 1. The third-order valence-electron chi connectivity index (χ3n) is 11.6. The highest BCUT2D eigenvalue weighted by Gasteiger charge is 2.74. The number of allylic oxidation sites excluding steroid dienone is 9. The van der Waals surface area contributed by atoms with Crippen molar-refractivity contribution in [2.24, 2.45) is 22.2 Å². The maximum Gasteiger partial charge on any atom is 0.270 e. The zero-order valence-electron chi connectivity index (χ0n) is 34.5. The molecule has 2 bridgehead atoms. The molecule has 300 valence electrons. The lowest BCUT2D eigenvalue weighted by Crippen LogP contribution is -2.70. The number of rotatable bonds is 15. The van der Waals surface area contributed by atoms with Crippen LogP contribution in [0.2, 0.25) is 0 Å². The van der Waals surface area contributed by atoms with E-state index in [1.54, 1.807) is 0 Å². The van der Waals surface area contributed by atoms with Gasteiger partial charge in [-0.15, -0.1) is 0 Å². The number of nitro groups is 1. The van der Waals surface area contributed by atoms with Crippen LogP contribution in [0.25, 0.3) is 5.76 Å². The molecular formula is C46H57NO9. The summed E-state index contributed by atoms with van der Waals surface area (Å²) in [6, 6.07) is 8.08. The standard InChI is InChI=1S/C46H57NO9/c1-28(2)12-11-21-44(9)34(15-13-29(3)4)26-45(22-19-30(5)6)41(50)39(42(51)46(44,43(45)52)23-20-31(7)8)40(49)32-14-17-38(36(48)25-32)56-27-33-24-35(47(53)54)16-18-37(33)55-10/h12-14,16-20,24-25,34,48-49H,11,15,21-23,26-27H2,1-10H3/b40-39+/t34-,44+,45-,46+/m0/s1. The maximum absolute atomic E-state index is 15.5. The number of phenolic OH excluding ortho intramolecular Hbond substituents is 1. The van der Waals surface area contributed by atoms with E-state index in [9.17, 15) is 20.3 Å². The molecule has 2 N–H and O–H groups in total. The van der Waals surface area contributed by atoms with E-state index in [1.165, 1.54) is 43.5 Å². The maximum atomic E-state index is 15.5. The third-order valence-corrected chi connectivity index (χ3v) is 11.6. The molecule has 2 aliphatic carbocycles. The van der Waals surface area contributed by atoms with Gasteiger partial charge in [-0.1, -0.05) is 53.5 Å². The number of nitrogens with zero attached hydrogens (tertiary/aromatic N) is 1. The zero-order valence-corrected chi connectivity index (χ0v) is 34.5. The number of ether oxygens (including phenoxy) is 2. The quantitative estimate of drug-likeness (QED) is 0.0343. The lowest BCUT2D eigenvalue weighted by molar-refractivity contribution is -0.385. The predicted molar refractivity (Wildman–Crippen MR) is 219 cm³/mol. The molecule has 10 heteroatoms. The highest BCUT2D eigenvalue weighted by Crippen LogP contribution is 2.67. The molecule has 0 spiro atoms. The van der Waals surface area contributed by atoms with Crippen LogP contribution in [0.5, 0.6) is 17.2 Å². The van der Waals surface area contributed by atoms with E-state index in [1.807, 2.05) is 74.5 Å². The SMILES string of the molecule is COc1ccc([N+](=O)[O-])cc1COc1ccc(/C(O)=C2/C(=O)[C@]3(CC=C(C)C)C[C@H](CC=C(C)C)[C@@](C)(CCC=C(C)C)[C@](CC=C(C)C)(C2=O)C3=O)cc1O. The second kappa shape index (κ2) is 17.3. The zero-order chi connectivity index (χ0) is 41.7. The van der Waals surface area contributed by atoms with Crippen molar-refractivity contribution in [2.45, 2.75) is 107 Å². The molecule has 2 aromatic carbocycles. The summed E-state index contributed by atoms with van der Waals surface area (Å²) >= 11 is 0. The number of hydrogen-bond acceptors (Lipinski definition) is 9. The van der Waals surface area contributed by atoms with E-state index >= 15 is 14.4 Å². The largest absolute Gasteiger partial charge is 0.506 e. The Kier molecular flexibility index (Phi) is 13.4. The number of fused-ring (bicyclic) bond motifs is 2. The molecule has 2 fully saturated rings. The van der Waals surface area contributed by atoms with Crippen LogP contribution in [0, 0.1) is 32.3 Å². The first-order valence-electron chi connectivity index (χ1n) is 19.1. The number of benzene rings is 2. The molecule has 10 nitrogen and oxygen atoms in total. The van der Waals surface area contributed by atoms with Gasteiger partial charge in [0.25, 0.3) is 5.69 Å². The minimum Gasteiger partial charge on any atom is -0.506 e. The minimum absolute atomic E-state index is 0.00559. The van der Waals surface area contributed by atoms with Gasteiger partial charge in [0.15, 0.2) is 28.8 Å². The summed E-state index contributed by atoms with van der Waals surface area (Å²) in [6.45, 7) is 17.5. The third kappa shape index (κ3) is 8.30. The minimum atomic E-state index is -1.67. The number of carbonyl (C=O) groups is 3. The van der Waals surface area contributed by atoms with Crippen molar-refractivity contribution >= 4 is 28.8 Å². The number of Topliss-reactive ketones (excluding diaryl/α,β-unsaturated/α-hetero) is 3. The van der Waals surface area contributed by atoms with E-state index in [-0.39, 0.29) is 54.6 Å². The average Bonchev–Trinajstić information content (AvgIpc) is 3.12. The summed E-state index contributed by atoms with van der Waals surface area (Å²) in [7, 11) is 1.42. The Morgan fingerprint density at radius 1 is 0.857 bits per heavy atom. The van der Waals surface area contributed by atoms with Gasteiger partial charge in [0.05, 0.1) is 17.4 Å². The summed E-state index contributed by atoms with van der Waals surface area (Å²) in [5.74, 6) is -2.69. The van der Waals surface area contributed by atoms with Crippen molar-refractivity contribution in [3.05, 3.63) is 110 Å².